The van der Waals surface area contributed by atoms with Crippen molar-refractivity contribution in [2.24, 2.45) is 0 Å². The highest BCUT2D eigenvalue weighted by atomic mass is 35.5. The minimum Gasteiger partial charge on any atom is -0.457 e. The summed E-state index contributed by atoms with van der Waals surface area (Å²) in [6.45, 7) is 3.67. The maximum Gasteiger partial charge on any atom is 0.142 e. The lowest BCUT2D eigenvalue weighted by molar-refractivity contribution is 0.572. The number of aromatic nitrogens is 1. The number of anilines is 1. The number of halogens is 1. The van der Waals surface area contributed by atoms with Gasteiger partial charge in [0.25, 0.3) is 0 Å². The third-order valence-corrected chi connectivity index (χ3v) is 5.24. The molecule has 1 aliphatic rings. The Morgan fingerprint density at radius 3 is 2.62 bits per heavy atom. The van der Waals surface area contributed by atoms with Crippen molar-refractivity contribution >= 4 is 34.6 Å². The van der Waals surface area contributed by atoms with E-state index in [0.29, 0.717) is 38.9 Å². The smallest absolute Gasteiger partial charge is 0.142 e. The SMILES string of the molecule is CC1=C(C#N)c2nc(N)c(C#N)c(C)c2C1=Cc1ccc(-c2cccc(Cl)c2)o1. The number of nitrogen functional groups attached to an aromatic ring is 1. The molecular weight excluding hydrogens is 384 g/mol. The molecule has 4 rings (SSSR count). The second-order valence-electron chi connectivity index (χ2n) is 6.71. The first kappa shape index (κ1) is 18.6. The Morgan fingerprint density at radius 1 is 1.14 bits per heavy atom. The van der Waals surface area contributed by atoms with Gasteiger partial charge in [-0.15, -0.1) is 0 Å². The van der Waals surface area contributed by atoms with Crippen LogP contribution in [0.1, 0.15) is 35.1 Å². The Hall–Kier alpha value is -3.80. The molecule has 0 unspecified atom stereocenters. The number of furan rings is 1. The minimum atomic E-state index is 0.131. The lowest BCUT2D eigenvalue weighted by Gasteiger charge is -2.10. The van der Waals surface area contributed by atoms with Crippen LogP contribution in [0.15, 0.2) is 46.4 Å². The number of fused-ring (bicyclic) bond motifs is 1. The van der Waals surface area contributed by atoms with Crippen molar-refractivity contribution in [1.29, 1.82) is 10.5 Å². The maximum atomic E-state index is 9.64. The van der Waals surface area contributed by atoms with E-state index in [9.17, 15) is 10.5 Å². The number of hydrogen-bond acceptors (Lipinski definition) is 5. The van der Waals surface area contributed by atoms with Crippen molar-refractivity contribution < 1.29 is 4.42 Å². The number of benzene rings is 1. The molecule has 2 N–H and O–H groups in total. The Kier molecular flexibility index (Phi) is 4.47. The zero-order chi connectivity index (χ0) is 20.7. The van der Waals surface area contributed by atoms with Gasteiger partial charge in [0.2, 0.25) is 0 Å². The van der Waals surface area contributed by atoms with E-state index in [2.05, 4.69) is 17.1 Å². The summed E-state index contributed by atoms with van der Waals surface area (Å²) >= 11 is 6.07. The van der Waals surface area contributed by atoms with E-state index in [0.717, 1.165) is 22.3 Å². The highest BCUT2D eigenvalue weighted by Gasteiger charge is 2.29. The van der Waals surface area contributed by atoms with Crippen LogP contribution in [0.3, 0.4) is 0 Å². The Bertz CT molecular complexity index is 1320. The molecule has 2 aromatic heterocycles. The van der Waals surface area contributed by atoms with E-state index < -0.39 is 0 Å². The van der Waals surface area contributed by atoms with Crippen LogP contribution in [-0.2, 0) is 0 Å². The average molecular weight is 399 g/mol. The number of nitriles is 2. The van der Waals surface area contributed by atoms with Gasteiger partial charge in [-0.3, -0.25) is 0 Å². The number of rotatable bonds is 2. The third-order valence-electron chi connectivity index (χ3n) is 5.01. The van der Waals surface area contributed by atoms with Crippen molar-refractivity contribution in [3.63, 3.8) is 0 Å². The van der Waals surface area contributed by atoms with Gasteiger partial charge in [0.15, 0.2) is 0 Å². The molecular formula is C23H15ClN4O. The molecule has 5 nitrogen and oxygen atoms in total. The molecule has 2 heterocycles. The zero-order valence-corrected chi connectivity index (χ0v) is 16.5. The normalized spacial score (nSPS) is 14.0. The van der Waals surface area contributed by atoms with Crippen LogP contribution in [0.5, 0.6) is 0 Å². The van der Waals surface area contributed by atoms with Gasteiger partial charge in [0.05, 0.1) is 16.8 Å². The van der Waals surface area contributed by atoms with E-state index in [-0.39, 0.29) is 5.82 Å². The molecule has 1 aliphatic carbocycles. The molecule has 0 saturated heterocycles. The summed E-state index contributed by atoms with van der Waals surface area (Å²) in [6.07, 6.45) is 1.86. The molecule has 0 spiro atoms. The second-order valence-corrected chi connectivity index (χ2v) is 7.15. The first-order valence-electron chi connectivity index (χ1n) is 8.84. The molecule has 6 heteroatoms. The second kappa shape index (κ2) is 6.98. The number of allylic oxidation sites excluding steroid dienone is 3. The van der Waals surface area contributed by atoms with Crippen molar-refractivity contribution in [3.05, 3.63) is 75.1 Å². The first-order valence-corrected chi connectivity index (χ1v) is 9.22. The van der Waals surface area contributed by atoms with E-state index in [1.54, 1.807) is 6.07 Å². The highest BCUT2D eigenvalue weighted by Crippen LogP contribution is 2.44. The van der Waals surface area contributed by atoms with E-state index in [1.807, 2.05) is 50.3 Å². The standard InChI is InChI=1S/C23H15ClN4O/c1-12-17(9-16-6-7-20(29-16)14-4-3-5-15(24)8-14)21-13(2)19(11-26)23(27)28-22(21)18(12)10-25/h3-9H,1-2H3,(H2,27,28). The summed E-state index contributed by atoms with van der Waals surface area (Å²) in [6, 6.07) is 15.4. The monoisotopic (exact) mass is 398 g/mol. The summed E-state index contributed by atoms with van der Waals surface area (Å²) in [5, 5.41) is 19.7. The van der Waals surface area contributed by atoms with Gasteiger partial charge in [0.1, 0.15) is 29.5 Å². The fourth-order valence-corrected chi connectivity index (χ4v) is 3.76. The van der Waals surface area contributed by atoms with Crippen LogP contribution in [0.4, 0.5) is 5.82 Å². The Labute approximate surface area is 173 Å². The zero-order valence-electron chi connectivity index (χ0n) is 15.7. The van der Waals surface area contributed by atoms with E-state index in [4.69, 9.17) is 21.8 Å². The molecule has 0 aliphatic heterocycles. The number of hydrogen-bond donors (Lipinski definition) is 1. The van der Waals surface area contributed by atoms with E-state index >= 15 is 0 Å². The van der Waals surface area contributed by atoms with E-state index in [1.165, 1.54) is 0 Å². The van der Waals surface area contributed by atoms with Gasteiger partial charge < -0.3 is 10.2 Å². The topological polar surface area (TPSA) is 99.6 Å². The average Bonchev–Trinajstić information content (AvgIpc) is 3.25. The summed E-state index contributed by atoms with van der Waals surface area (Å²) in [5.41, 5.74) is 11.1. The molecule has 140 valence electrons. The van der Waals surface area contributed by atoms with Crippen LogP contribution in [0, 0.1) is 29.6 Å². The lowest BCUT2D eigenvalue weighted by atomic mass is 9.96. The van der Waals surface area contributed by atoms with Gasteiger partial charge in [-0.05, 0) is 60.9 Å². The molecule has 0 saturated carbocycles. The van der Waals surface area contributed by atoms with Crippen LogP contribution < -0.4 is 5.73 Å². The van der Waals surface area contributed by atoms with Gasteiger partial charge >= 0.3 is 0 Å². The van der Waals surface area contributed by atoms with Crippen LogP contribution in [0.2, 0.25) is 5.02 Å². The first-order chi connectivity index (χ1) is 13.9. The Balaban J connectivity index is 1.87. The van der Waals surface area contributed by atoms with Gasteiger partial charge in [-0.25, -0.2) is 4.98 Å². The number of pyridine rings is 1. The predicted octanol–water partition coefficient (Wildman–Crippen LogP) is 5.61. The van der Waals surface area contributed by atoms with Gasteiger partial charge in [0, 0.05) is 16.1 Å². The molecule has 0 atom stereocenters. The molecule has 29 heavy (non-hydrogen) atoms. The van der Waals surface area contributed by atoms with Crippen LogP contribution >= 0.6 is 11.6 Å². The lowest BCUT2D eigenvalue weighted by Crippen LogP contribution is -2.03. The molecule has 0 fully saturated rings. The highest BCUT2D eigenvalue weighted by molar-refractivity contribution is 6.30. The van der Waals surface area contributed by atoms with Crippen LogP contribution in [-0.4, -0.2) is 4.98 Å². The number of nitrogens with zero attached hydrogens (tertiary/aromatic N) is 3. The Morgan fingerprint density at radius 2 is 1.93 bits per heavy atom. The predicted molar refractivity (Wildman–Crippen MR) is 113 cm³/mol. The van der Waals surface area contributed by atoms with Gasteiger partial charge in [-0.2, -0.15) is 10.5 Å². The quantitative estimate of drug-likeness (QED) is 0.604. The molecule has 0 bridgehead atoms. The van der Waals surface area contributed by atoms with Gasteiger partial charge in [-0.1, -0.05) is 23.7 Å². The third kappa shape index (κ3) is 2.99. The molecule has 3 aromatic rings. The maximum absolute atomic E-state index is 9.64. The fraction of sp³-hybridized carbons (Fsp3) is 0.0870. The summed E-state index contributed by atoms with van der Waals surface area (Å²) in [4.78, 5) is 4.33. The summed E-state index contributed by atoms with van der Waals surface area (Å²) < 4.78 is 5.99. The fourth-order valence-electron chi connectivity index (χ4n) is 3.57. The molecule has 0 radical (unpaired) electrons. The molecule has 0 amide bonds. The van der Waals surface area contributed by atoms with Crippen molar-refractivity contribution in [2.45, 2.75) is 13.8 Å². The molecule has 1 aromatic carbocycles. The summed E-state index contributed by atoms with van der Waals surface area (Å²) in [7, 11) is 0. The largest absolute Gasteiger partial charge is 0.457 e. The summed E-state index contributed by atoms with van der Waals surface area (Å²) in [5.74, 6) is 1.44. The van der Waals surface area contributed by atoms with Crippen molar-refractivity contribution in [2.75, 3.05) is 5.73 Å². The minimum absolute atomic E-state index is 0.131. The van der Waals surface area contributed by atoms with Crippen molar-refractivity contribution in [1.82, 2.24) is 4.98 Å². The van der Waals surface area contributed by atoms with Crippen LogP contribution in [0.25, 0.3) is 28.5 Å². The number of nitrogens with two attached hydrogens (primary N) is 1. The van der Waals surface area contributed by atoms with Crippen molar-refractivity contribution in [3.8, 4) is 23.5 Å².